The molecule has 0 aromatic rings. The second-order valence-electron chi connectivity index (χ2n) is 11.3. The van der Waals surface area contributed by atoms with Crippen LogP contribution in [-0.2, 0) is 28.5 Å². The number of hydrogen-bond acceptors (Lipinski definition) is 8. The van der Waals surface area contributed by atoms with Crippen LogP contribution in [-0.4, -0.2) is 54.7 Å². The molecule has 8 heteroatoms. The highest BCUT2D eigenvalue weighted by atomic mass is 33.1. The molecule has 2 atom stereocenters. The minimum atomic E-state index is -0.532. The molecule has 6 nitrogen and oxygen atoms in total. The predicted octanol–water partition coefficient (Wildman–Crippen LogP) is 7.68. The molecule has 0 aliphatic rings. The second-order valence-corrected chi connectivity index (χ2v) is 14.0. The van der Waals surface area contributed by atoms with Gasteiger partial charge in [-0.3, -0.25) is 9.59 Å². The number of hydrogen-bond donors (Lipinski definition) is 0. The average molecular weight is 551 g/mol. The molecule has 0 spiro atoms. The molecular weight excluding hydrogens is 496 g/mol. The van der Waals surface area contributed by atoms with Crippen molar-refractivity contribution >= 4 is 33.5 Å². The van der Waals surface area contributed by atoms with Crippen molar-refractivity contribution in [3.8, 4) is 0 Å². The fourth-order valence-corrected chi connectivity index (χ4v) is 5.43. The van der Waals surface area contributed by atoms with Crippen LogP contribution in [0.25, 0.3) is 0 Å². The van der Waals surface area contributed by atoms with Crippen molar-refractivity contribution in [1.82, 2.24) is 0 Å². The molecule has 0 aromatic heterocycles. The maximum atomic E-state index is 12.3. The molecule has 0 bridgehead atoms. The summed E-state index contributed by atoms with van der Waals surface area (Å²) < 4.78 is 23.1. The van der Waals surface area contributed by atoms with Gasteiger partial charge in [-0.2, -0.15) is 0 Å². The summed E-state index contributed by atoms with van der Waals surface area (Å²) in [4.78, 5) is 24.1. The lowest BCUT2D eigenvalue weighted by Crippen LogP contribution is -2.36. The molecule has 0 heterocycles. The van der Waals surface area contributed by atoms with E-state index in [1.807, 2.05) is 34.6 Å². The van der Waals surface area contributed by atoms with Crippen molar-refractivity contribution in [2.75, 3.05) is 24.7 Å². The number of esters is 2. The van der Waals surface area contributed by atoms with E-state index in [1.54, 1.807) is 21.6 Å². The van der Waals surface area contributed by atoms with Crippen molar-refractivity contribution < 1.29 is 28.5 Å². The van der Waals surface area contributed by atoms with Gasteiger partial charge in [-0.25, -0.2) is 0 Å². The molecule has 0 fully saturated rings. The minimum absolute atomic E-state index is 0.0845. The van der Waals surface area contributed by atoms with E-state index in [0.29, 0.717) is 43.5 Å². The van der Waals surface area contributed by atoms with Crippen LogP contribution >= 0.6 is 21.6 Å². The Kier molecular flexibility index (Phi) is 18.5. The van der Waals surface area contributed by atoms with Crippen LogP contribution in [0.15, 0.2) is 0 Å². The summed E-state index contributed by atoms with van der Waals surface area (Å²) in [6, 6.07) is 0. The number of ether oxygens (including phenoxy) is 4. The first-order valence-electron chi connectivity index (χ1n) is 13.6. The van der Waals surface area contributed by atoms with Gasteiger partial charge in [0, 0.05) is 24.0 Å². The number of carbonyl (C=O) groups is 2. The number of unbranched alkanes of at least 4 members (excludes halogenated alkanes) is 1. The summed E-state index contributed by atoms with van der Waals surface area (Å²) >= 11 is 0. The van der Waals surface area contributed by atoms with Gasteiger partial charge in [-0.1, -0.05) is 77.0 Å². The lowest BCUT2D eigenvalue weighted by molar-refractivity contribution is -0.188. The van der Waals surface area contributed by atoms with Crippen molar-refractivity contribution in [3.05, 3.63) is 0 Å². The highest BCUT2D eigenvalue weighted by molar-refractivity contribution is 8.76. The lowest BCUT2D eigenvalue weighted by atomic mass is 9.78. The van der Waals surface area contributed by atoms with E-state index < -0.39 is 11.9 Å². The fraction of sp³-hybridized carbons (Fsp3) is 0.929. The van der Waals surface area contributed by atoms with E-state index in [4.69, 9.17) is 18.9 Å². The summed E-state index contributed by atoms with van der Waals surface area (Å²) in [5.74, 6) is 1.42. The topological polar surface area (TPSA) is 71.1 Å². The van der Waals surface area contributed by atoms with E-state index in [-0.39, 0.29) is 29.4 Å². The Morgan fingerprint density at radius 3 is 1.75 bits per heavy atom. The molecule has 0 amide bonds. The average Bonchev–Trinajstić information content (AvgIpc) is 2.78. The van der Waals surface area contributed by atoms with Crippen molar-refractivity contribution in [2.45, 2.75) is 126 Å². The zero-order chi connectivity index (χ0) is 27.8. The Balaban J connectivity index is 4.09. The Labute approximate surface area is 229 Å². The summed E-state index contributed by atoms with van der Waals surface area (Å²) in [7, 11) is 3.15. The molecule has 0 aliphatic carbocycles. The Morgan fingerprint density at radius 2 is 1.28 bits per heavy atom. The highest BCUT2D eigenvalue weighted by Crippen LogP contribution is 2.32. The smallest absolute Gasteiger partial charge is 0.308 e. The van der Waals surface area contributed by atoms with Gasteiger partial charge < -0.3 is 18.9 Å². The third-order valence-electron chi connectivity index (χ3n) is 6.30. The fourth-order valence-electron chi connectivity index (χ4n) is 3.49. The largest absolute Gasteiger partial charge is 0.460 e. The maximum Gasteiger partial charge on any atom is 0.308 e. The lowest BCUT2D eigenvalue weighted by Gasteiger charge is -2.36. The summed E-state index contributed by atoms with van der Waals surface area (Å²) in [6.07, 6.45) is 4.05. The SMILES string of the molecule is CCC(C)(C)OC(=O)CCSSCCC(=O)OC(OCCCCOC(C(C)C)C(C)(C)CC)C(C)C. The Morgan fingerprint density at radius 1 is 0.750 bits per heavy atom. The van der Waals surface area contributed by atoms with Gasteiger partial charge in [0.15, 0.2) is 0 Å². The van der Waals surface area contributed by atoms with Crippen LogP contribution < -0.4 is 0 Å². The summed E-state index contributed by atoms with van der Waals surface area (Å²) in [5.41, 5.74) is -0.250. The van der Waals surface area contributed by atoms with Crippen LogP contribution in [0, 0.1) is 17.3 Å². The molecule has 0 N–H and O–H groups in total. The van der Waals surface area contributed by atoms with E-state index in [2.05, 4.69) is 34.6 Å². The van der Waals surface area contributed by atoms with Crippen molar-refractivity contribution in [2.24, 2.45) is 17.3 Å². The predicted molar refractivity (Wildman–Crippen MR) is 153 cm³/mol. The zero-order valence-corrected chi connectivity index (χ0v) is 26.3. The standard InChI is InChI=1S/C28H54O6S2/c1-11-27(7,8)25(21(3)4)31-17-13-14-18-32-26(22(5)6)33-23(29)15-19-35-36-20-16-24(30)34-28(9,10)12-2/h21-22,25-26H,11-20H2,1-10H3. The van der Waals surface area contributed by atoms with Crippen molar-refractivity contribution in [3.63, 3.8) is 0 Å². The molecule has 0 radical (unpaired) electrons. The van der Waals surface area contributed by atoms with Gasteiger partial charge in [-0.05, 0) is 50.9 Å². The zero-order valence-electron chi connectivity index (χ0n) is 24.6. The Hall–Kier alpha value is -0.440. The maximum absolute atomic E-state index is 12.3. The van der Waals surface area contributed by atoms with Crippen LogP contribution in [0.2, 0.25) is 0 Å². The highest BCUT2D eigenvalue weighted by Gasteiger charge is 2.31. The van der Waals surface area contributed by atoms with Gasteiger partial charge in [0.05, 0.1) is 25.6 Å². The first-order valence-corrected chi connectivity index (χ1v) is 16.1. The molecule has 0 rings (SSSR count). The van der Waals surface area contributed by atoms with Crippen LogP contribution in [0.4, 0.5) is 0 Å². The normalized spacial score (nSPS) is 14.2. The van der Waals surface area contributed by atoms with Crippen LogP contribution in [0.1, 0.15) is 108 Å². The summed E-state index contributed by atoms with van der Waals surface area (Å²) in [6.45, 7) is 22.2. The quantitative estimate of drug-likeness (QED) is 0.0624. The monoisotopic (exact) mass is 550 g/mol. The van der Waals surface area contributed by atoms with Gasteiger partial charge in [0.25, 0.3) is 0 Å². The van der Waals surface area contributed by atoms with Gasteiger partial charge >= 0.3 is 11.9 Å². The van der Waals surface area contributed by atoms with E-state index in [0.717, 1.165) is 25.7 Å². The first kappa shape index (κ1) is 35.6. The second kappa shape index (κ2) is 18.8. The molecule has 0 aliphatic heterocycles. The number of carbonyl (C=O) groups excluding carboxylic acids is 2. The number of rotatable bonds is 21. The third-order valence-corrected chi connectivity index (χ3v) is 8.71. The minimum Gasteiger partial charge on any atom is -0.460 e. The van der Waals surface area contributed by atoms with E-state index >= 15 is 0 Å². The van der Waals surface area contributed by atoms with E-state index in [1.165, 1.54) is 0 Å². The van der Waals surface area contributed by atoms with Gasteiger partial charge in [0.1, 0.15) is 5.60 Å². The molecule has 0 saturated heterocycles. The molecule has 36 heavy (non-hydrogen) atoms. The third kappa shape index (κ3) is 16.4. The van der Waals surface area contributed by atoms with Crippen LogP contribution in [0.3, 0.4) is 0 Å². The molecule has 2 unspecified atom stereocenters. The molecule has 0 saturated carbocycles. The molecular formula is C28H54O6S2. The first-order chi connectivity index (χ1) is 16.8. The molecule has 0 aromatic carbocycles. The van der Waals surface area contributed by atoms with Gasteiger partial charge in [0.2, 0.25) is 6.29 Å². The van der Waals surface area contributed by atoms with Crippen molar-refractivity contribution in [1.29, 1.82) is 0 Å². The molecule has 214 valence electrons. The van der Waals surface area contributed by atoms with E-state index in [9.17, 15) is 9.59 Å². The van der Waals surface area contributed by atoms with Crippen LogP contribution in [0.5, 0.6) is 0 Å². The Bertz CT molecular complexity index is 607. The van der Waals surface area contributed by atoms with Gasteiger partial charge in [-0.15, -0.1) is 0 Å². The summed E-state index contributed by atoms with van der Waals surface area (Å²) in [5, 5.41) is 0.